The fourth-order valence-corrected chi connectivity index (χ4v) is 1.72. The molecule has 122 valence electrons. The van der Waals surface area contributed by atoms with E-state index in [0.717, 1.165) is 0 Å². The molecule has 1 atom stereocenters. The van der Waals surface area contributed by atoms with Crippen molar-refractivity contribution in [1.29, 1.82) is 0 Å². The predicted molar refractivity (Wildman–Crippen MR) is 66.3 cm³/mol. The van der Waals surface area contributed by atoms with Crippen LogP contribution in [0.2, 0.25) is 0 Å². The molecule has 0 fully saturated rings. The van der Waals surface area contributed by atoms with Gasteiger partial charge in [0.05, 0.1) is 26.0 Å². The predicted octanol–water partition coefficient (Wildman–Crippen LogP) is 1.33. The van der Waals surface area contributed by atoms with Crippen LogP contribution in [0.3, 0.4) is 0 Å². The highest BCUT2D eigenvalue weighted by Gasteiger charge is 2.41. The molecule has 21 heavy (non-hydrogen) atoms. The Kier molecular flexibility index (Phi) is 6.37. The number of nitrogens with zero attached hydrogens (tertiary/aromatic N) is 2. The topological polar surface area (TPSA) is 74.3 Å². The molecule has 1 aromatic heterocycles. The van der Waals surface area contributed by atoms with Crippen molar-refractivity contribution in [2.75, 3.05) is 20.3 Å². The highest BCUT2D eigenvalue weighted by atomic mass is 19.3. The van der Waals surface area contributed by atoms with Crippen molar-refractivity contribution >= 4 is 0 Å². The molecule has 0 saturated heterocycles. The van der Waals surface area contributed by atoms with Crippen molar-refractivity contribution in [3.05, 3.63) is 11.9 Å². The summed E-state index contributed by atoms with van der Waals surface area (Å²) < 4.78 is 60.9. The third-order valence-corrected chi connectivity index (χ3v) is 2.79. The Hall–Kier alpha value is -1.39. The first-order valence-electron chi connectivity index (χ1n) is 6.16. The van der Waals surface area contributed by atoms with Crippen molar-refractivity contribution in [2.45, 2.75) is 31.9 Å². The molecule has 1 heterocycles. The maximum atomic E-state index is 12.8. The van der Waals surface area contributed by atoms with Crippen molar-refractivity contribution in [2.24, 2.45) is 5.84 Å². The average molecular weight is 314 g/mol. The second-order valence-electron chi connectivity index (χ2n) is 4.21. The summed E-state index contributed by atoms with van der Waals surface area (Å²) in [6, 6.07) is -0.726. The van der Waals surface area contributed by atoms with Crippen LogP contribution in [0.15, 0.2) is 6.20 Å². The highest BCUT2D eigenvalue weighted by Crippen LogP contribution is 2.26. The largest absolute Gasteiger partial charge is 0.493 e. The minimum Gasteiger partial charge on any atom is -0.493 e. The lowest BCUT2D eigenvalue weighted by atomic mass is 10.2. The van der Waals surface area contributed by atoms with Gasteiger partial charge in [-0.25, -0.2) is 14.2 Å². The van der Waals surface area contributed by atoms with Gasteiger partial charge in [0.2, 0.25) is 0 Å². The van der Waals surface area contributed by atoms with Crippen LogP contribution in [0.1, 0.15) is 18.7 Å². The molecule has 3 N–H and O–H groups in total. The summed E-state index contributed by atoms with van der Waals surface area (Å²) in [7, 11) is 1.42. The minimum atomic E-state index is -4.20. The fourth-order valence-electron chi connectivity index (χ4n) is 1.72. The number of methoxy groups -OCH3 is 1. The number of aryl methyl sites for hydroxylation is 1. The van der Waals surface area contributed by atoms with Gasteiger partial charge in [-0.2, -0.15) is 13.9 Å². The van der Waals surface area contributed by atoms with Crippen LogP contribution in [-0.4, -0.2) is 42.5 Å². The van der Waals surface area contributed by atoms with E-state index in [9.17, 15) is 17.6 Å². The molecular weight excluding hydrogens is 296 g/mol. The van der Waals surface area contributed by atoms with E-state index in [2.05, 4.69) is 15.3 Å². The first-order valence-corrected chi connectivity index (χ1v) is 6.16. The molecule has 10 heteroatoms. The lowest BCUT2D eigenvalue weighted by Gasteiger charge is -2.20. The van der Waals surface area contributed by atoms with Crippen LogP contribution in [0.4, 0.5) is 17.6 Å². The maximum absolute atomic E-state index is 12.8. The lowest BCUT2D eigenvalue weighted by Crippen LogP contribution is -2.37. The SMILES string of the molecule is CCn1ncc(OC)c1C(COCC(F)(F)C(F)F)NN. The summed E-state index contributed by atoms with van der Waals surface area (Å²) >= 11 is 0. The molecule has 0 bridgehead atoms. The zero-order valence-electron chi connectivity index (χ0n) is 11.7. The van der Waals surface area contributed by atoms with E-state index in [1.807, 2.05) is 6.92 Å². The number of hydrazine groups is 1. The smallest absolute Gasteiger partial charge is 0.330 e. The molecule has 1 aromatic rings. The van der Waals surface area contributed by atoms with Crippen LogP contribution in [0, 0.1) is 0 Å². The van der Waals surface area contributed by atoms with Crippen LogP contribution >= 0.6 is 0 Å². The Labute approximate surface area is 119 Å². The van der Waals surface area contributed by atoms with Gasteiger partial charge in [0.15, 0.2) is 5.75 Å². The standard InChI is InChI=1S/C11H18F4N4O2/c1-3-19-9(8(20-2)4-17-19)7(18-16)5-21-6-11(14,15)10(12)13/h4,7,10,18H,3,5-6,16H2,1-2H3. The number of nitrogens with one attached hydrogen (secondary N) is 1. The highest BCUT2D eigenvalue weighted by molar-refractivity contribution is 5.28. The Bertz CT molecular complexity index is 420. The van der Waals surface area contributed by atoms with E-state index in [4.69, 9.17) is 10.6 Å². The Morgan fingerprint density at radius 1 is 1.48 bits per heavy atom. The molecule has 0 aliphatic rings. The molecule has 0 saturated carbocycles. The second kappa shape index (κ2) is 7.57. The molecule has 0 aromatic carbocycles. The Morgan fingerprint density at radius 2 is 2.14 bits per heavy atom. The number of aromatic nitrogens is 2. The van der Waals surface area contributed by atoms with E-state index < -0.39 is 25.0 Å². The van der Waals surface area contributed by atoms with Gasteiger partial charge >= 0.3 is 12.3 Å². The van der Waals surface area contributed by atoms with Gasteiger partial charge < -0.3 is 9.47 Å². The van der Waals surface area contributed by atoms with Gasteiger partial charge in [0, 0.05) is 6.54 Å². The molecular formula is C11H18F4N4O2. The van der Waals surface area contributed by atoms with Gasteiger partial charge in [-0.1, -0.05) is 0 Å². The normalized spacial score (nSPS) is 13.7. The summed E-state index contributed by atoms with van der Waals surface area (Å²) in [5, 5.41) is 4.03. The van der Waals surface area contributed by atoms with E-state index in [0.29, 0.717) is 18.0 Å². The zero-order chi connectivity index (χ0) is 16.0. The number of halogens is 4. The summed E-state index contributed by atoms with van der Waals surface area (Å²) in [6.07, 6.45) is -2.34. The summed E-state index contributed by atoms with van der Waals surface area (Å²) in [5.74, 6) is 1.55. The number of hydrogen-bond acceptors (Lipinski definition) is 5. The molecule has 6 nitrogen and oxygen atoms in total. The third-order valence-electron chi connectivity index (χ3n) is 2.79. The van der Waals surface area contributed by atoms with E-state index in [1.54, 1.807) is 0 Å². The quantitative estimate of drug-likeness (QED) is 0.409. The number of alkyl halides is 4. The van der Waals surface area contributed by atoms with Gasteiger partial charge in [-0.3, -0.25) is 10.5 Å². The molecule has 0 radical (unpaired) electrons. The molecule has 1 unspecified atom stereocenters. The van der Waals surface area contributed by atoms with Gasteiger partial charge in [-0.05, 0) is 6.92 Å². The van der Waals surface area contributed by atoms with E-state index in [-0.39, 0.29) is 6.61 Å². The van der Waals surface area contributed by atoms with Crippen molar-refractivity contribution in [3.8, 4) is 5.75 Å². The van der Waals surface area contributed by atoms with Crippen molar-refractivity contribution < 1.29 is 27.0 Å². The van der Waals surface area contributed by atoms with Crippen LogP contribution < -0.4 is 16.0 Å². The Balaban J connectivity index is 2.74. The first-order chi connectivity index (χ1) is 9.87. The van der Waals surface area contributed by atoms with Crippen LogP contribution in [0.5, 0.6) is 5.75 Å². The fraction of sp³-hybridized carbons (Fsp3) is 0.727. The molecule has 1 rings (SSSR count). The van der Waals surface area contributed by atoms with Gasteiger partial charge in [0.25, 0.3) is 0 Å². The number of hydrogen-bond donors (Lipinski definition) is 2. The van der Waals surface area contributed by atoms with Crippen LogP contribution in [-0.2, 0) is 11.3 Å². The summed E-state index contributed by atoms with van der Waals surface area (Å²) in [6.45, 7) is 0.575. The maximum Gasteiger partial charge on any atom is 0.330 e. The first kappa shape index (κ1) is 17.7. The zero-order valence-corrected chi connectivity index (χ0v) is 11.7. The Morgan fingerprint density at radius 3 is 2.62 bits per heavy atom. The van der Waals surface area contributed by atoms with E-state index in [1.165, 1.54) is 18.0 Å². The minimum absolute atomic E-state index is 0.332. The number of nitrogens with two attached hydrogens (primary N) is 1. The average Bonchev–Trinajstić information content (AvgIpc) is 2.86. The number of ether oxygens (including phenoxy) is 2. The molecule has 0 aliphatic heterocycles. The van der Waals surface area contributed by atoms with Gasteiger partial charge in [0.1, 0.15) is 12.3 Å². The molecule has 0 aliphatic carbocycles. The molecule has 0 amide bonds. The van der Waals surface area contributed by atoms with Crippen molar-refractivity contribution in [1.82, 2.24) is 15.2 Å². The number of rotatable bonds is 9. The lowest BCUT2D eigenvalue weighted by molar-refractivity contribution is -0.167. The third kappa shape index (κ3) is 4.29. The summed E-state index contributed by atoms with van der Waals surface area (Å²) in [5.41, 5.74) is 2.86. The van der Waals surface area contributed by atoms with Gasteiger partial charge in [-0.15, -0.1) is 0 Å². The van der Waals surface area contributed by atoms with E-state index >= 15 is 0 Å². The summed E-state index contributed by atoms with van der Waals surface area (Å²) in [4.78, 5) is 0. The van der Waals surface area contributed by atoms with Crippen molar-refractivity contribution in [3.63, 3.8) is 0 Å². The van der Waals surface area contributed by atoms with Crippen LogP contribution in [0.25, 0.3) is 0 Å². The monoisotopic (exact) mass is 314 g/mol. The molecule has 0 spiro atoms. The second-order valence-corrected chi connectivity index (χ2v) is 4.21.